The zero-order valence-corrected chi connectivity index (χ0v) is 23.8. The number of aryl methyl sites for hydroxylation is 2. The Morgan fingerprint density at radius 1 is 0.659 bits per heavy atom. The minimum absolute atomic E-state index is 0.180. The molecule has 4 aromatic rings. The molecular weight excluding hydrogens is 512 g/mol. The minimum Gasteiger partial charge on any atom is -0.496 e. The largest absolute Gasteiger partial charge is 0.496 e. The SMILES string of the molecule is COc1ccc2ccccc2c1C(C1C(=O)N(c2ccc(C)cc2)N=C1C)C1C(=O)N(c2ccc(C)cc2)N=C1C. The lowest BCUT2D eigenvalue weighted by Gasteiger charge is -2.30. The molecule has 4 aromatic carbocycles. The lowest BCUT2D eigenvalue weighted by molar-refractivity contribution is -0.122. The number of hydrogen-bond donors (Lipinski definition) is 0. The number of nitrogens with zero attached hydrogens (tertiary/aromatic N) is 4. The molecule has 7 heteroatoms. The molecule has 2 atom stereocenters. The number of methoxy groups -OCH3 is 1. The van der Waals surface area contributed by atoms with Crippen LogP contribution in [0.5, 0.6) is 5.75 Å². The topological polar surface area (TPSA) is 74.6 Å². The summed E-state index contributed by atoms with van der Waals surface area (Å²) in [5.74, 6) is -1.74. The maximum absolute atomic E-state index is 14.3. The fourth-order valence-corrected chi connectivity index (χ4v) is 6.05. The summed E-state index contributed by atoms with van der Waals surface area (Å²) >= 11 is 0. The van der Waals surface area contributed by atoms with Crippen LogP contribution in [0.25, 0.3) is 10.8 Å². The summed E-state index contributed by atoms with van der Waals surface area (Å²) in [6.07, 6.45) is 0. The van der Waals surface area contributed by atoms with Gasteiger partial charge < -0.3 is 4.74 Å². The Labute approximate surface area is 239 Å². The molecule has 0 fully saturated rings. The standard InChI is InChI=1S/C34H32N4O3/c1-20-10-15-25(16-11-20)37-33(39)29(22(3)35-37)32(31-27-9-7-6-8-24(27)14-19-28(31)41-5)30-23(4)36-38(34(30)40)26-17-12-21(2)13-18-26/h6-19,29-30,32H,1-5H3. The number of ether oxygens (including phenoxy) is 1. The smallest absolute Gasteiger partial charge is 0.256 e. The van der Waals surface area contributed by atoms with Crippen molar-refractivity contribution in [3.8, 4) is 5.75 Å². The van der Waals surface area contributed by atoms with E-state index in [0.717, 1.165) is 27.5 Å². The third kappa shape index (κ3) is 4.47. The molecule has 2 aliphatic heterocycles. The highest BCUT2D eigenvalue weighted by molar-refractivity contribution is 6.20. The fraction of sp³-hybridized carbons (Fsp3) is 0.235. The van der Waals surface area contributed by atoms with E-state index in [1.165, 1.54) is 10.0 Å². The van der Waals surface area contributed by atoms with Crippen molar-refractivity contribution >= 4 is 45.4 Å². The molecule has 0 bridgehead atoms. The van der Waals surface area contributed by atoms with Gasteiger partial charge in [-0.1, -0.05) is 65.7 Å². The number of rotatable bonds is 6. The molecule has 2 amide bonds. The Morgan fingerprint density at radius 3 is 1.63 bits per heavy atom. The Balaban J connectivity index is 1.53. The monoisotopic (exact) mass is 544 g/mol. The fourth-order valence-electron chi connectivity index (χ4n) is 6.05. The Kier molecular flexibility index (Phi) is 6.66. The average Bonchev–Trinajstić information content (AvgIpc) is 3.44. The maximum atomic E-state index is 14.3. The number of hydrogen-bond acceptors (Lipinski definition) is 5. The maximum Gasteiger partial charge on any atom is 0.256 e. The minimum atomic E-state index is -0.701. The van der Waals surface area contributed by atoms with Crippen molar-refractivity contribution in [1.29, 1.82) is 0 Å². The number of benzene rings is 4. The van der Waals surface area contributed by atoms with Crippen LogP contribution in [0.4, 0.5) is 11.4 Å². The van der Waals surface area contributed by atoms with E-state index in [2.05, 4.69) is 0 Å². The summed E-state index contributed by atoms with van der Waals surface area (Å²) in [6, 6.07) is 27.3. The second-order valence-electron chi connectivity index (χ2n) is 10.8. The van der Waals surface area contributed by atoms with Gasteiger partial charge in [-0.3, -0.25) is 9.59 Å². The van der Waals surface area contributed by atoms with Gasteiger partial charge in [0.15, 0.2) is 0 Å². The van der Waals surface area contributed by atoms with Crippen LogP contribution in [0.2, 0.25) is 0 Å². The van der Waals surface area contributed by atoms with Gasteiger partial charge >= 0.3 is 0 Å². The van der Waals surface area contributed by atoms with Gasteiger partial charge in [0.1, 0.15) is 5.75 Å². The summed E-state index contributed by atoms with van der Waals surface area (Å²) in [6.45, 7) is 7.74. The third-order valence-electron chi connectivity index (χ3n) is 8.12. The van der Waals surface area contributed by atoms with E-state index in [1.807, 2.05) is 113 Å². The molecule has 0 saturated carbocycles. The van der Waals surface area contributed by atoms with Crippen LogP contribution in [0.1, 0.15) is 36.5 Å². The van der Waals surface area contributed by atoms with E-state index in [-0.39, 0.29) is 11.8 Å². The molecule has 2 heterocycles. The third-order valence-corrected chi connectivity index (χ3v) is 8.12. The van der Waals surface area contributed by atoms with E-state index >= 15 is 0 Å². The molecule has 0 aliphatic carbocycles. The molecule has 0 saturated heterocycles. The van der Waals surface area contributed by atoms with Gasteiger partial charge in [-0.25, -0.2) is 10.0 Å². The Morgan fingerprint density at radius 2 is 1.15 bits per heavy atom. The number of hydrazone groups is 2. The molecule has 2 unspecified atom stereocenters. The second-order valence-corrected chi connectivity index (χ2v) is 10.8. The molecular formula is C34H32N4O3. The predicted molar refractivity (Wildman–Crippen MR) is 164 cm³/mol. The molecule has 206 valence electrons. The van der Waals surface area contributed by atoms with E-state index in [9.17, 15) is 9.59 Å². The first-order valence-corrected chi connectivity index (χ1v) is 13.8. The van der Waals surface area contributed by atoms with E-state index in [4.69, 9.17) is 14.9 Å². The molecule has 6 rings (SSSR count). The van der Waals surface area contributed by atoms with Crippen LogP contribution in [0.3, 0.4) is 0 Å². The molecule has 0 spiro atoms. The lowest BCUT2D eigenvalue weighted by atomic mass is 9.71. The number of anilines is 2. The van der Waals surface area contributed by atoms with Crippen LogP contribution in [-0.2, 0) is 9.59 Å². The Bertz CT molecular complexity index is 1640. The van der Waals surface area contributed by atoms with Crippen LogP contribution in [-0.4, -0.2) is 30.3 Å². The van der Waals surface area contributed by atoms with Crippen molar-refractivity contribution in [3.63, 3.8) is 0 Å². The predicted octanol–water partition coefficient (Wildman–Crippen LogP) is 6.63. The highest BCUT2D eigenvalue weighted by atomic mass is 16.5. The first kappa shape index (κ1) is 26.4. The van der Waals surface area contributed by atoms with Crippen molar-refractivity contribution in [2.24, 2.45) is 22.0 Å². The highest BCUT2D eigenvalue weighted by Gasteiger charge is 2.51. The first-order valence-electron chi connectivity index (χ1n) is 13.8. The van der Waals surface area contributed by atoms with Crippen LogP contribution in [0.15, 0.2) is 95.1 Å². The van der Waals surface area contributed by atoms with Gasteiger partial charge in [0.25, 0.3) is 11.8 Å². The van der Waals surface area contributed by atoms with Crippen LogP contribution < -0.4 is 14.8 Å². The van der Waals surface area contributed by atoms with Crippen molar-refractivity contribution in [2.75, 3.05) is 17.1 Å². The molecule has 7 nitrogen and oxygen atoms in total. The zero-order chi connectivity index (χ0) is 28.8. The first-order chi connectivity index (χ1) is 19.8. The lowest BCUT2D eigenvalue weighted by Crippen LogP contribution is -2.40. The van der Waals surface area contributed by atoms with Crippen molar-refractivity contribution in [3.05, 3.63) is 102 Å². The summed E-state index contributed by atoms with van der Waals surface area (Å²) in [5, 5.41) is 14.3. The molecule has 2 aliphatic rings. The summed E-state index contributed by atoms with van der Waals surface area (Å²) < 4.78 is 5.91. The Hall–Kier alpha value is -4.78. The van der Waals surface area contributed by atoms with E-state index in [1.54, 1.807) is 7.11 Å². The number of carbonyl (C=O) groups excluding carboxylic acids is 2. The van der Waals surface area contributed by atoms with E-state index < -0.39 is 17.8 Å². The van der Waals surface area contributed by atoms with Gasteiger partial charge in [0.05, 0.1) is 30.3 Å². The summed E-state index contributed by atoms with van der Waals surface area (Å²) in [7, 11) is 1.62. The van der Waals surface area contributed by atoms with Gasteiger partial charge in [-0.2, -0.15) is 10.2 Å². The van der Waals surface area contributed by atoms with E-state index in [0.29, 0.717) is 28.5 Å². The summed E-state index contributed by atoms with van der Waals surface area (Å²) in [4.78, 5) is 28.6. The number of carbonyl (C=O) groups is 2. The second kappa shape index (κ2) is 10.3. The molecule has 0 N–H and O–H groups in total. The molecule has 0 aromatic heterocycles. The zero-order valence-electron chi connectivity index (χ0n) is 23.8. The van der Waals surface area contributed by atoms with Crippen molar-refractivity contribution in [1.82, 2.24) is 0 Å². The summed E-state index contributed by atoms with van der Waals surface area (Å²) in [5.41, 5.74) is 5.66. The van der Waals surface area contributed by atoms with Gasteiger partial charge in [0.2, 0.25) is 0 Å². The molecule has 0 radical (unpaired) electrons. The van der Waals surface area contributed by atoms with Crippen LogP contribution in [0, 0.1) is 25.7 Å². The molecule has 41 heavy (non-hydrogen) atoms. The highest BCUT2D eigenvalue weighted by Crippen LogP contribution is 2.47. The van der Waals surface area contributed by atoms with Crippen molar-refractivity contribution < 1.29 is 14.3 Å². The number of amides is 2. The average molecular weight is 545 g/mol. The number of fused-ring (bicyclic) bond motifs is 1. The quantitative estimate of drug-likeness (QED) is 0.274. The van der Waals surface area contributed by atoms with Gasteiger partial charge in [0, 0.05) is 22.9 Å². The van der Waals surface area contributed by atoms with Gasteiger partial charge in [-0.15, -0.1) is 0 Å². The van der Waals surface area contributed by atoms with Crippen molar-refractivity contribution in [2.45, 2.75) is 33.6 Å². The van der Waals surface area contributed by atoms with Crippen LogP contribution >= 0.6 is 0 Å². The van der Waals surface area contributed by atoms with Gasteiger partial charge in [-0.05, 0) is 68.8 Å². The normalized spacial score (nSPS) is 19.5.